The van der Waals surface area contributed by atoms with Gasteiger partial charge in [-0.3, -0.25) is 4.79 Å². The Morgan fingerprint density at radius 3 is 2.61 bits per heavy atom. The number of hydrogen-bond donors (Lipinski definition) is 0. The number of hydrogen-bond acceptors (Lipinski definition) is 4. The first-order valence-electron chi connectivity index (χ1n) is 7.32. The Hall–Kier alpha value is -1.30. The average molecular weight is 371 g/mol. The van der Waals surface area contributed by atoms with Crippen LogP contribution in [0, 0.1) is 0 Å². The maximum atomic E-state index is 12.8. The molecule has 1 aromatic carbocycles. The molecule has 0 N–H and O–H groups in total. The second kappa shape index (κ2) is 7.07. The average Bonchev–Trinajstić information content (AvgIpc) is 3.10. The lowest BCUT2D eigenvalue weighted by Crippen LogP contribution is -2.38. The van der Waals surface area contributed by atoms with E-state index in [1.54, 1.807) is 23.5 Å². The lowest BCUT2D eigenvalue weighted by Gasteiger charge is -2.31. The van der Waals surface area contributed by atoms with Crippen LogP contribution in [0.4, 0.5) is 0 Å². The van der Waals surface area contributed by atoms with Gasteiger partial charge in [0, 0.05) is 30.6 Å². The van der Waals surface area contributed by atoms with Crippen molar-refractivity contribution in [2.45, 2.75) is 18.8 Å². The van der Waals surface area contributed by atoms with Gasteiger partial charge in [-0.05, 0) is 25.0 Å². The summed E-state index contributed by atoms with van der Waals surface area (Å²) < 4.78 is 5.28. The van der Waals surface area contributed by atoms with Crippen molar-refractivity contribution in [2.75, 3.05) is 20.2 Å². The van der Waals surface area contributed by atoms with E-state index in [2.05, 4.69) is 4.98 Å². The van der Waals surface area contributed by atoms with E-state index in [0.29, 0.717) is 40.4 Å². The van der Waals surface area contributed by atoms with E-state index in [-0.39, 0.29) is 5.91 Å². The second-order valence-corrected chi connectivity index (χ2v) is 7.11. The molecule has 1 amide bonds. The first-order chi connectivity index (χ1) is 11.1. The summed E-state index contributed by atoms with van der Waals surface area (Å²) in [5.41, 5.74) is 0.342. The summed E-state index contributed by atoms with van der Waals surface area (Å²) in [5, 5.41) is 3.88. The zero-order chi connectivity index (χ0) is 16.4. The van der Waals surface area contributed by atoms with Gasteiger partial charge < -0.3 is 9.64 Å². The molecule has 2 aromatic rings. The van der Waals surface area contributed by atoms with Crippen molar-refractivity contribution in [1.29, 1.82) is 0 Å². The molecule has 7 heteroatoms. The van der Waals surface area contributed by atoms with Crippen LogP contribution < -0.4 is 4.74 Å². The van der Waals surface area contributed by atoms with E-state index >= 15 is 0 Å². The van der Waals surface area contributed by atoms with Gasteiger partial charge >= 0.3 is 0 Å². The molecule has 4 nitrogen and oxygen atoms in total. The number of likely N-dealkylation sites (tertiary alicyclic amines) is 1. The van der Waals surface area contributed by atoms with Crippen LogP contribution in [0.2, 0.25) is 10.0 Å². The molecule has 23 heavy (non-hydrogen) atoms. The van der Waals surface area contributed by atoms with Crippen LogP contribution in [0.3, 0.4) is 0 Å². The van der Waals surface area contributed by atoms with Crippen LogP contribution in [-0.2, 0) is 0 Å². The van der Waals surface area contributed by atoms with Gasteiger partial charge in [0.05, 0.1) is 22.2 Å². The van der Waals surface area contributed by atoms with E-state index in [1.165, 1.54) is 7.11 Å². The lowest BCUT2D eigenvalue weighted by atomic mass is 9.97. The predicted octanol–water partition coefficient (Wildman–Crippen LogP) is 4.48. The molecule has 0 saturated carbocycles. The molecule has 3 rings (SSSR count). The summed E-state index contributed by atoms with van der Waals surface area (Å²) in [7, 11) is 1.49. The number of nitrogens with zero attached hydrogens (tertiary/aromatic N) is 2. The Balaban J connectivity index is 1.77. The van der Waals surface area contributed by atoms with Crippen LogP contribution in [0.15, 0.2) is 23.7 Å². The summed E-state index contributed by atoms with van der Waals surface area (Å²) >= 11 is 14.0. The molecule has 0 bridgehead atoms. The minimum atomic E-state index is -0.132. The predicted molar refractivity (Wildman–Crippen MR) is 93.0 cm³/mol. The molecule has 1 fully saturated rings. The van der Waals surface area contributed by atoms with Crippen molar-refractivity contribution in [3.05, 3.63) is 44.3 Å². The zero-order valence-electron chi connectivity index (χ0n) is 12.6. The summed E-state index contributed by atoms with van der Waals surface area (Å²) in [6.07, 6.45) is 3.63. The summed E-state index contributed by atoms with van der Waals surface area (Å²) in [6, 6.07) is 3.26. The standard InChI is InChI=1S/C16H16Cl2N2O2S/c1-22-14-12(18)3-2-11(17)13(14)16(21)20-7-4-10(5-8-20)15-19-6-9-23-15/h2-3,6,9-10H,4-5,7-8H2,1H3. The number of carbonyl (C=O) groups is 1. The monoisotopic (exact) mass is 370 g/mol. The molecule has 0 atom stereocenters. The van der Waals surface area contributed by atoms with Crippen molar-refractivity contribution >= 4 is 40.4 Å². The molecule has 0 radical (unpaired) electrons. The first kappa shape index (κ1) is 16.6. The van der Waals surface area contributed by atoms with Crippen LogP contribution in [0.1, 0.15) is 34.1 Å². The van der Waals surface area contributed by atoms with Crippen molar-refractivity contribution in [2.24, 2.45) is 0 Å². The molecule has 0 aliphatic carbocycles. The van der Waals surface area contributed by atoms with Crippen LogP contribution in [0.25, 0.3) is 0 Å². The number of amides is 1. The van der Waals surface area contributed by atoms with Crippen molar-refractivity contribution < 1.29 is 9.53 Å². The van der Waals surface area contributed by atoms with Crippen LogP contribution in [-0.4, -0.2) is 36.0 Å². The molecule has 1 aliphatic heterocycles. The summed E-state index contributed by atoms with van der Waals surface area (Å²) in [4.78, 5) is 19.0. The van der Waals surface area contributed by atoms with E-state index in [0.717, 1.165) is 17.8 Å². The Labute approximate surface area is 149 Å². The minimum absolute atomic E-state index is 0.132. The van der Waals surface area contributed by atoms with Crippen LogP contribution >= 0.6 is 34.5 Å². The zero-order valence-corrected chi connectivity index (χ0v) is 14.9. The van der Waals surface area contributed by atoms with E-state index < -0.39 is 0 Å². The molecule has 0 unspecified atom stereocenters. The van der Waals surface area contributed by atoms with E-state index in [1.807, 2.05) is 16.5 Å². The third kappa shape index (κ3) is 3.32. The maximum Gasteiger partial charge on any atom is 0.259 e. The number of carbonyl (C=O) groups excluding carboxylic acids is 1. The smallest absolute Gasteiger partial charge is 0.259 e. The van der Waals surface area contributed by atoms with Gasteiger partial charge in [0.1, 0.15) is 5.56 Å². The lowest BCUT2D eigenvalue weighted by molar-refractivity contribution is 0.0709. The normalized spacial score (nSPS) is 15.7. The molecule has 122 valence electrons. The number of piperidine rings is 1. The van der Waals surface area contributed by atoms with Crippen LogP contribution in [0.5, 0.6) is 5.75 Å². The quantitative estimate of drug-likeness (QED) is 0.799. The van der Waals surface area contributed by atoms with Crippen molar-refractivity contribution in [1.82, 2.24) is 9.88 Å². The number of rotatable bonds is 3. The third-order valence-corrected chi connectivity index (χ3v) is 5.61. The van der Waals surface area contributed by atoms with E-state index in [4.69, 9.17) is 27.9 Å². The van der Waals surface area contributed by atoms with Gasteiger partial charge in [-0.2, -0.15) is 0 Å². The van der Waals surface area contributed by atoms with Gasteiger partial charge in [-0.15, -0.1) is 11.3 Å². The van der Waals surface area contributed by atoms with Gasteiger partial charge in [-0.1, -0.05) is 23.2 Å². The van der Waals surface area contributed by atoms with E-state index in [9.17, 15) is 4.79 Å². The first-order valence-corrected chi connectivity index (χ1v) is 8.96. The fraction of sp³-hybridized carbons (Fsp3) is 0.375. The molecule has 2 heterocycles. The summed E-state index contributed by atoms with van der Waals surface area (Å²) in [6.45, 7) is 1.35. The number of methoxy groups -OCH3 is 1. The Morgan fingerprint density at radius 1 is 1.30 bits per heavy atom. The second-order valence-electron chi connectivity index (χ2n) is 5.37. The fourth-order valence-corrected chi connectivity index (χ4v) is 4.13. The number of ether oxygens (including phenoxy) is 1. The SMILES string of the molecule is COc1c(Cl)ccc(Cl)c1C(=O)N1CCC(c2nccs2)CC1. The van der Waals surface area contributed by atoms with Gasteiger partial charge in [-0.25, -0.2) is 4.98 Å². The largest absolute Gasteiger partial charge is 0.494 e. The minimum Gasteiger partial charge on any atom is -0.494 e. The number of halogens is 2. The molecule has 1 aromatic heterocycles. The Bertz CT molecular complexity index is 698. The van der Waals surface area contributed by atoms with Gasteiger partial charge in [0.15, 0.2) is 5.75 Å². The highest BCUT2D eigenvalue weighted by Crippen LogP contribution is 2.36. The number of benzene rings is 1. The molecule has 1 saturated heterocycles. The van der Waals surface area contributed by atoms with Crippen molar-refractivity contribution in [3.8, 4) is 5.75 Å². The third-order valence-electron chi connectivity index (χ3n) is 4.06. The fourth-order valence-electron chi connectivity index (χ4n) is 2.86. The Kier molecular flexibility index (Phi) is 5.09. The number of aromatic nitrogens is 1. The highest BCUT2D eigenvalue weighted by molar-refractivity contribution is 7.09. The van der Waals surface area contributed by atoms with Crippen molar-refractivity contribution in [3.63, 3.8) is 0 Å². The topological polar surface area (TPSA) is 42.4 Å². The van der Waals surface area contributed by atoms with Gasteiger partial charge in [0.25, 0.3) is 5.91 Å². The Morgan fingerprint density at radius 2 is 2.00 bits per heavy atom. The maximum absolute atomic E-state index is 12.8. The number of thiazole rings is 1. The molecular formula is C16H16Cl2N2O2S. The van der Waals surface area contributed by atoms with Gasteiger partial charge in [0.2, 0.25) is 0 Å². The highest BCUT2D eigenvalue weighted by Gasteiger charge is 2.29. The molecule has 0 spiro atoms. The molecular weight excluding hydrogens is 355 g/mol. The highest BCUT2D eigenvalue weighted by atomic mass is 35.5. The summed E-state index contributed by atoms with van der Waals surface area (Å²) in [5.74, 6) is 0.633. The molecule has 1 aliphatic rings.